The molecule has 0 radical (unpaired) electrons. The number of carbonyl (C=O) groups is 2. The lowest BCUT2D eigenvalue weighted by atomic mass is 10.2. The molecule has 0 saturated carbocycles. The molecule has 0 saturated heterocycles. The van der Waals surface area contributed by atoms with E-state index >= 15 is 0 Å². The highest BCUT2D eigenvalue weighted by molar-refractivity contribution is 6.07. The van der Waals surface area contributed by atoms with E-state index in [-0.39, 0.29) is 17.3 Å². The molecular weight excluding hydrogens is 364 g/mol. The van der Waals surface area contributed by atoms with Crippen molar-refractivity contribution in [3.05, 3.63) is 89.8 Å². The van der Waals surface area contributed by atoms with E-state index < -0.39 is 23.2 Å². The van der Waals surface area contributed by atoms with Gasteiger partial charge < -0.3 is 10.2 Å². The number of nitrogens with zero attached hydrogens (tertiary/aromatic N) is 2. The molecule has 1 heterocycles. The maximum Gasteiger partial charge on any atom is 0.276 e. The second-order valence-electron chi connectivity index (χ2n) is 5.84. The van der Waals surface area contributed by atoms with Gasteiger partial charge in [-0.2, -0.15) is 0 Å². The van der Waals surface area contributed by atoms with Crippen LogP contribution >= 0.6 is 0 Å². The van der Waals surface area contributed by atoms with Gasteiger partial charge in [0.25, 0.3) is 11.8 Å². The van der Waals surface area contributed by atoms with Gasteiger partial charge in [0.05, 0.1) is 0 Å². The van der Waals surface area contributed by atoms with Gasteiger partial charge in [-0.3, -0.25) is 9.59 Å². The second kappa shape index (κ2) is 8.39. The van der Waals surface area contributed by atoms with Crippen LogP contribution < -0.4 is 10.2 Å². The van der Waals surface area contributed by atoms with Gasteiger partial charge in [0.15, 0.2) is 0 Å². The summed E-state index contributed by atoms with van der Waals surface area (Å²) in [4.78, 5) is 30.8. The minimum absolute atomic E-state index is 0.0485. The van der Waals surface area contributed by atoms with E-state index in [4.69, 9.17) is 0 Å². The van der Waals surface area contributed by atoms with Gasteiger partial charge in [0, 0.05) is 12.2 Å². The van der Waals surface area contributed by atoms with E-state index in [0.29, 0.717) is 12.2 Å². The molecule has 28 heavy (non-hydrogen) atoms. The van der Waals surface area contributed by atoms with Gasteiger partial charge in [-0.15, -0.1) is 0 Å². The molecule has 0 atom stereocenters. The van der Waals surface area contributed by atoms with Crippen LogP contribution in [-0.4, -0.2) is 23.3 Å². The standard InChI is InChI=1S/C21H17F2N3O2/c1-2-26(14-8-4-3-5-9-14)21(28)18-13-7-12-17(24-18)20(27)25-19-15(22)10-6-11-16(19)23/h3-13H,2H2,1H3,(H,25,27). The number of carbonyl (C=O) groups excluding carboxylic acids is 2. The van der Waals surface area contributed by atoms with Crippen molar-refractivity contribution in [2.45, 2.75) is 6.92 Å². The fraction of sp³-hybridized carbons (Fsp3) is 0.0952. The Morgan fingerprint density at radius 1 is 0.893 bits per heavy atom. The Kier molecular flexibility index (Phi) is 5.74. The Morgan fingerprint density at radius 3 is 2.14 bits per heavy atom. The first-order chi connectivity index (χ1) is 13.5. The maximum atomic E-state index is 13.7. The molecule has 0 unspecified atom stereocenters. The summed E-state index contributed by atoms with van der Waals surface area (Å²) in [6, 6.07) is 16.6. The predicted molar refractivity (Wildman–Crippen MR) is 102 cm³/mol. The summed E-state index contributed by atoms with van der Waals surface area (Å²) in [5, 5.41) is 2.16. The number of para-hydroxylation sites is 2. The highest BCUT2D eigenvalue weighted by Gasteiger charge is 2.20. The Balaban J connectivity index is 1.85. The Labute approximate surface area is 160 Å². The van der Waals surface area contributed by atoms with Gasteiger partial charge in [-0.25, -0.2) is 13.8 Å². The zero-order valence-electron chi connectivity index (χ0n) is 15.0. The minimum Gasteiger partial charge on any atom is -0.316 e. The number of anilines is 2. The molecule has 0 spiro atoms. The summed E-state index contributed by atoms with van der Waals surface area (Å²) in [7, 11) is 0. The van der Waals surface area contributed by atoms with Crippen LogP contribution in [0.25, 0.3) is 0 Å². The molecule has 0 fully saturated rings. The van der Waals surface area contributed by atoms with Crippen molar-refractivity contribution in [2.75, 3.05) is 16.8 Å². The third kappa shape index (κ3) is 4.03. The Morgan fingerprint density at radius 2 is 1.50 bits per heavy atom. The average Bonchev–Trinajstić information content (AvgIpc) is 2.72. The largest absolute Gasteiger partial charge is 0.316 e. The summed E-state index contributed by atoms with van der Waals surface area (Å²) < 4.78 is 27.5. The minimum atomic E-state index is -0.901. The monoisotopic (exact) mass is 381 g/mol. The maximum absolute atomic E-state index is 13.7. The predicted octanol–water partition coefficient (Wildman–Crippen LogP) is 4.28. The summed E-state index contributed by atoms with van der Waals surface area (Å²) in [6.45, 7) is 2.23. The van der Waals surface area contributed by atoms with Crippen molar-refractivity contribution in [1.82, 2.24) is 4.98 Å². The molecule has 0 bridgehead atoms. The lowest BCUT2D eigenvalue weighted by molar-refractivity contribution is 0.0983. The lowest BCUT2D eigenvalue weighted by Crippen LogP contribution is -2.31. The molecule has 2 aromatic carbocycles. The highest BCUT2D eigenvalue weighted by atomic mass is 19.1. The average molecular weight is 381 g/mol. The Bertz CT molecular complexity index is 989. The first-order valence-corrected chi connectivity index (χ1v) is 8.60. The molecule has 3 rings (SSSR count). The van der Waals surface area contributed by atoms with Crippen LogP contribution in [-0.2, 0) is 0 Å². The molecular formula is C21H17F2N3O2. The zero-order valence-corrected chi connectivity index (χ0v) is 15.0. The fourth-order valence-corrected chi connectivity index (χ4v) is 2.66. The van der Waals surface area contributed by atoms with Crippen LogP contribution in [0.5, 0.6) is 0 Å². The van der Waals surface area contributed by atoms with Crippen molar-refractivity contribution in [1.29, 1.82) is 0 Å². The molecule has 0 aliphatic carbocycles. The number of amides is 2. The highest BCUT2D eigenvalue weighted by Crippen LogP contribution is 2.19. The quantitative estimate of drug-likeness (QED) is 0.718. The summed E-state index contributed by atoms with van der Waals surface area (Å²) in [5.74, 6) is -3.01. The number of aromatic nitrogens is 1. The smallest absolute Gasteiger partial charge is 0.276 e. The fourth-order valence-electron chi connectivity index (χ4n) is 2.66. The van der Waals surface area contributed by atoms with E-state index in [0.717, 1.165) is 12.1 Å². The number of nitrogens with one attached hydrogen (secondary N) is 1. The molecule has 0 aliphatic heterocycles. The van der Waals surface area contributed by atoms with Gasteiger partial charge in [0.1, 0.15) is 28.7 Å². The van der Waals surface area contributed by atoms with Gasteiger partial charge in [0.2, 0.25) is 0 Å². The first kappa shape index (κ1) is 19.2. The van der Waals surface area contributed by atoms with E-state index in [1.807, 2.05) is 25.1 Å². The van der Waals surface area contributed by atoms with Crippen LogP contribution in [0.3, 0.4) is 0 Å². The Hall–Kier alpha value is -3.61. The van der Waals surface area contributed by atoms with Gasteiger partial charge in [-0.05, 0) is 43.3 Å². The number of benzene rings is 2. The van der Waals surface area contributed by atoms with E-state index in [1.54, 1.807) is 12.1 Å². The molecule has 7 heteroatoms. The van der Waals surface area contributed by atoms with E-state index in [2.05, 4.69) is 10.3 Å². The second-order valence-corrected chi connectivity index (χ2v) is 5.84. The molecule has 0 aliphatic rings. The lowest BCUT2D eigenvalue weighted by Gasteiger charge is -2.20. The van der Waals surface area contributed by atoms with Crippen molar-refractivity contribution < 1.29 is 18.4 Å². The molecule has 3 aromatic rings. The third-order valence-electron chi connectivity index (χ3n) is 4.03. The number of hydrogen-bond acceptors (Lipinski definition) is 3. The number of halogens is 2. The number of rotatable bonds is 5. The van der Waals surface area contributed by atoms with E-state index in [1.165, 1.54) is 29.2 Å². The number of pyridine rings is 1. The van der Waals surface area contributed by atoms with Crippen LogP contribution in [0.2, 0.25) is 0 Å². The normalized spacial score (nSPS) is 10.4. The van der Waals surface area contributed by atoms with Crippen molar-refractivity contribution in [3.8, 4) is 0 Å². The molecule has 5 nitrogen and oxygen atoms in total. The first-order valence-electron chi connectivity index (χ1n) is 8.60. The SMILES string of the molecule is CCN(C(=O)c1cccc(C(=O)Nc2c(F)cccc2F)n1)c1ccccc1. The van der Waals surface area contributed by atoms with Gasteiger partial charge in [-0.1, -0.05) is 30.3 Å². The summed E-state index contributed by atoms with van der Waals surface area (Å²) in [5.41, 5.74) is 0.0514. The van der Waals surface area contributed by atoms with Crippen LogP contribution in [0, 0.1) is 11.6 Å². The van der Waals surface area contributed by atoms with Crippen LogP contribution in [0.4, 0.5) is 20.2 Å². The molecule has 142 valence electrons. The summed E-state index contributed by atoms with van der Waals surface area (Å²) >= 11 is 0. The zero-order chi connectivity index (χ0) is 20.1. The molecule has 2 amide bonds. The topological polar surface area (TPSA) is 62.3 Å². The van der Waals surface area contributed by atoms with Crippen LogP contribution in [0.15, 0.2) is 66.7 Å². The van der Waals surface area contributed by atoms with Crippen LogP contribution in [0.1, 0.15) is 27.9 Å². The molecule has 1 aromatic heterocycles. The van der Waals surface area contributed by atoms with Gasteiger partial charge >= 0.3 is 0 Å². The van der Waals surface area contributed by atoms with E-state index in [9.17, 15) is 18.4 Å². The van der Waals surface area contributed by atoms with Crippen molar-refractivity contribution >= 4 is 23.2 Å². The number of hydrogen-bond donors (Lipinski definition) is 1. The third-order valence-corrected chi connectivity index (χ3v) is 4.03. The van der Waals surface area contributed by atoms with Crippen molar-refractivity contribution in [2.24, 2.45) is 0 Å². The van der Waals surface area contributed by atoms with Crippen molar-refractivity contribution in [3.63, 3.8) is 0 Å². The molecule has 1 N–H and O–H groups in total. The summed E-state index contributed by atoms with van der Waals surface area (Å²) in [6.07, 6.45) is 0.